The number of benzene rings is 2. The van der Waals surface area contributed by atoms with E-state index in [2.05, 4.69) is 15.5 Å². The lowest BCUT2D eigenvalue weighted by atomic mass is 10.1. The fourth-order valence-corrected chi connectivity index (χ4v) is 2.59. The summed E-state index contributed by atoms with van der Waals surface area (Å²) in [6.45, 7) is 4.00. The van der Waals surface area contributed by atoms with Gasteiger partial charge < -0.3 is 14.5 Å². The van der Waals surface area contributed by atoms with Crippen molar-refractivity contribution in [2.24, 2.45) is 0 Å². The lowest BCUT2D eigenvalue weighted by Crippen LogP contribution is -2.13. The number of aryl methyl sites for hydroxylation is 3. The van der Waals surface area contributed by atoms with Crippen LogP contribution in [0.15, 0.2) is 46.9 Å². The van der Waals surface area contributed by atoms with Gasteiger partial charge in [-0.2, -0.15) is 0 Å². The van der Waals surface area contributed by atoms with E-state index in [1.165, 1.54) is 0 Å². The van der Waals surface area contributed by atoms with Gasteiger partial charge in [0, 0.05) is 24.1 Å². The number of aromatic nitrogens is 2. The molecule has 134 valence electrons. The van der Waals surface area contributed by atoms with E-state index < -0.39 is 0 Å². The Morgan fingerprint density at radius 2 is 1.88 bits per heavy atom. The molecular weight excluding hydrogens is 330 g/mol. The van der Waals surface area contributed by atoms with Crippen LogP contribution >= 0.6 is 0 Å². The lowest BCUT2D eigenvalue weighted by Gasteiger charge is -2.08. The predicted octanol–water partition coefficient (Wildman–Crippen LogP) is 3.93. The Kier molecular flexibility index (Phi) is 5.31. The van der Waals surface area contributed by atoms with Gasteiger partial charge in [0.1, 0.15) is 5.75 Å². The van der Waals surface area contributed by atoms with E-state index in [1.807, 2.05) is 56.3 Å². The van der Waals surface area contributed by atoms with Crippen molar-refractivity contribution in [1.29, 1.82) is 0 Å². The number of hydrogen-bond acceptors (Lipinski definition) is 5. The summed E-state index contributed by atoms with van der Waals surface area (Å²) in [7, 11) is 1.61. The zero-order valence-corrected chi connectivity index (χ0v) is 15.1. The van der Waals surface area contributed by atoms with Crippen LogP contribution in [0.25, 0.3) is 11.5 Å². The van der Waals surface area contributed by atoms with Crippen molar-refractivity contribution < 1.29 is 13.9 Å². The SMILES string of the molecule is COc1ccc(-c2nnc(CCC(=O)Nc3ccc(C)cc3C)o2)cc1. The molecule has 0 saturated carbocycles. The third kappa shape index (κ3) is 4.27. The molecule has 1 amide bonds. The first kappa shape index (κ1) is 17.7. The van der Waals surface area contributed by atoms with Gasteiger partial charge >= 0.3 is 0 Å². The molecule has 0 aliphatic carbocycles. The highest BCUT2D eigenvalue weighted by Gasteiger charge is 2.11. The zero-order valence-electron chi connectivity index (χ0n) is 15.1. The summed E-state index contributed by atoms with van der Waals surface area (Å²) in [6, 6.07) is 13.3. The number of anilines is 1. The molecule has 0 bridgehead atoms. The Morgan fingerprint density at radius 3 is 2.58 bits per heavy atom. The smallest absolute Gasteiger partial charge is 0.247 e. The molecule has 1 heterocycles. The van der Waals surface area contributed by atoms with E-state index in [-0.39, 0.29) is 12.3 Å². The highest BCUT2D eigenvalue weighted by molar-refractivity contribution is 5.91. The molecule has 0 aliphatic rings. The van der Waals surface area contributed by atoms with Crippen molar-refractivity contribution in [2.45, 2.75) is 26.7 Å². The van der Waals surface area contributed by atoms with Gasteiger partial charge in [-0.05, 0) is 49.7 Å². The summed E-state index contributed by atoms with van der Waals surface area (Å²) < 4.78 is 10.8. The minimum absolute atomic E-state index is 0.0823. The first-order chi connectivity index (χ1) is 12.5. The number of carbonyl (C=O) groups excluding carboxylic acids is 1. The molecule has 6 heteroatoms. The van der Waals surface area contributed by atoms with E-state index >= 15 is 0 Å². The zero-order chi connectivity index (χ0) is 18.5. The number of ether oxygens (including phenoxy) is 1. The maximum absolute atomic E-state index is 12.2. The van der Waals surface area contributed by atoms with Crippen LogP contribution in [0.5, 0.6) is 5.75 Å². The molecule has 0 spiro atoms. The van der Waals surface area contributed by atoms with Crippen LogP contribution in [0, 0.1) is 13.8 Å². The van der Waals surface area contributed by atoms with E-state index in [4.69, 9.17) is 9.15 Å². The van der Waals surface area contributed by atoms with Gasteiger partial charge in [-0.1, -0.05) is 17.7 Å². The van der Waals surface area contributed by atoms with Crippen LogP contribution in [-0.2, 0) is 11.2 Å². The van der Waals surface area contributed by atoms with Crippen LogP contribution < -0.4 is 10.1 Å². The summed E-state index contributed by atoms with van der Waals surface area (Å²) >= 11 is 0. The van der Waals surface area contributed by atoms with Crippen molar-refractivity contribution in [2.75, 3.05) is 12.4 Å². The summed E-state index contributed by atoms with van der Waals surface area (Å²) in [6.07, 6.45) is 0.664. The Bertz CT molecular complexity index is 901. The van der Waals surface area contributed by atoms with Crippen LogP contribution in [0.3, 0.4) is 0 Å². The Labute approximate surface area is 152 Å². The minimum atomic E-state index is -0.0823. The largest absolute Gasteiger partial charge is 0.497 e. The van der Waals surface area contributed by atoms with Crippen LogP contribution in [0.2, 0.25) is 0 Å². The summed E-state index contributed by atoms with van der Waals surface area (Å²) in [4.78, 5) is 12.2. The molecule has 0 fully saturated rings. The van der Waals surface area contributed by atoms with Gasteiger partial charge in [-0.25, -0.2) is 0 Å². The summed E-state index contributed by atoms with van der Waals surface area (Å²) in [5.41, 5.74) is 3.84. The summed E-state index contributed by atoms with van der Waals surface area (Å²) in [5, 5.41) is 11.0. The predicted molar refractivity (Wildman–Crippen MR) is 99.2 cm³/mol. The fraction of sp³-hybridized carbons (Fsp3) is 0.250. The van der Waals surface area contributed by atoms with E-state index in [9.17, 15) is 4.79 Å². The van der Waals surface area contributed by atoms with Crippen molar-refractivity contribution in [1.82, 2.24) is 10.2 Å². The van der Waals surface area contributed by atoms with Gasteiger partial charge in [0.25, 0.3) is 0 Å². The van der Waals surface area contributed by atoms with Crippen molar-refractivity contribution in [3.63, 3.8) is 0 Å². The van der Waals surface area contributed by atoms with E-state index in [1.54, 1.807) is 7.11 Å². The van der Waals surface area contributed by atoms with Crippen LogP contribution in [0.1, 0.15) is 23.4 Å². The highest BCUT2D eigenvalue weighted by Crippen LogP contribution is 2.21. The Hall–Kier alpha value is -3.15. The molecule has 0 aliphatic heterocycles. The fourth-order valence-electron chi connectivity index (χ4n) is 2.59. The third-order valence-electron chi connectivity index (χ3n) is 4.03. The molecule has 0 radical (unpaired) electrons. The molecule has 0 unspecified atom stereocenters. The minimum Gasteiger partial charge on any atom is -0.497 e. The topological polar surface area (TPSA) is 77.2 Å². The van der Waals surface area contributed by atoms with Crippen molar-refractivity contribution in [3.8, 4) is 17.2 Å². The van der Waals surface area contributed by atoms with Gasteiger partial charge in [-0.3, -0.25) is 4.79 Å². The second-order valence-corrected chi connectivity index (χ2v) is 6.10. The molecule has 0 saturated heterocycles. The number of rotatable bonds is 6. The van der Waals surface area contributed by atoms with E-state index in [0.717, 1.165) is 28.1 Å². The number of nitrogens with one attached hydrogen (secondary N) is 1. The number of nitrogens with zero attached hydrogens (tertiary/aromatic N) is 2. The first-order valence-corrected chi connectivity index (χ1v) is 8.39. The monoisotopic (exact) mass is 351 g/mol. The third-order valence-corrected chi connectivity index (χ3v) is 4.03. The second-order valence-electron chi connectivity index (χ2n) is 6.10. The van der Waals surface area contributed by atoms with Gasteiger partial charge in [0.2, 0.25) is 17.7 Å². The number of methoxy groups -OCH3 is 1. The van der Waals surface area contributed by atoms with Crippen LogP contribution in [0.4, 0.5) is 5.69 Å². The lowest BCUT2D eigenvalue weighted by molar-refractivity contribution is -0.116. The molecular formula is C20H21N3O3. The average molecular weight is 351 g/mol. The number of carbonyl (C=O) groups is 1. The standard InChI is InChI=1S/C20H21N3O3/c1-13-4-9-17(14(2)12-13)21-18(24)10-11-19-22-23-20(26-19)15-5-7-16(25-3)8-6-15/h4-9,12H,10-11H2,1-3H3,(H,21,24). The van der Waals surface area contributed by atoms with E-state index in [0.29, 0.717) is 18.2 Å². The molecule has 2 aromatic carbocycles. The maximum Gasteiger partial charge on any atom is 0.247 e. The van der Waals surface area contributed by atoms with Gasteiger partial charge in [0.15, 0.2) is 0 Å². The Balaban J connectivity index is 1.58. The average Bonchev–Trinajstić information content (AvgIpc) is 3.11. The first-order valence-electron chi connectivity index (χ1n) is 8.39. The van der Waals surface area contributed by atoms with Crippen molar-refractivity contribution in [3.05, 3.63) is 59.5 Å². The number of hydrogen-bond donors (Lipinski definition) is 1. The second kappa shape index (κ2) is 7.82. The quantitative estimate of drug-likeness (QED) is 0.728. The van der Waals surface area contributed by atoms with Crippen LogP contribution in [-0.4, -0.2) is 23.2 Å². The molecule has 26 heavy (non-hydrogen) atoms. The summed E-state index contributed by atoms with van der Waals surface area (Å²) in [5.74, 6) is 1.54. The van der Waals surface area contributed by atoms with Gasteiger partial charge in [0.05, 0.1) is 7.11 Å². The normalized spacial score (nSPS) is 10.6. The molecule has 1 aromatic heterocycles. The Morgan fingerprint density at radius 1 is 1.12 bits per heavy atom. The number of amides is 1. The molecule has 0 atom stereocenters. The molecule has 3 aromatic rings. The molecule has 1 N–H and O–H groups in total. The molecule has 3 rings (SSSR count). The maximum atomic E-state index is 12.2. The molecule has 6 nitrogen and oxygen atoms in total. The van der Waals surface area contributed by atoms with Gasteiger partial charge in [-0.15, -0.1) is 10.2 Å². The van der Waals surface area contributed by atoms with Crippen molar-refractivity contribution >= 4 is 11.6 Å². The highest BCUT2D eigenvalue weighted by atomic mass is 16.5.